The van der Waals surface area contributed by atoms with E-state index in [0.717, 1.165) is 11.1 Å². The maximum absolute atomic E-state index is 11.7. The summed E-state index contributed by atoms with van der Waals surface area (Å²) in [5.41, 5.74) is 2.23. The van der Waals surface area contributed by atoms with Crippen molar-refractivity contribution >= 4 is 11.6 Å². The zero-order valence-electron chi connectivity index (χ0n) is 9.72. The van der Waals surface area contributed by atoms with E-state index in [1.54, 1.807) is 18.3 Å². The van der Waals surface area contributed by atoms with Crippen LogP contribution in [-0.4, -0.2) is 9.55 Å². The molecule has 1 aromatic heterocycles. The largest absolute Gasteiger partial charge is 0.307 e. The van der Waals surface area contributed by atoms with Crippen LogP contribution in [-0.2, 0) is 6.54 Å². The van der Waals surface area contributed by atoms with Crippen LogP contribution in [0.1, 0.15) is 16.7 Å². The Morgan fingerprint density at radius 2 is 2.28 bits per heavy atom. The minimum Gasteiger partial charge on any atom is -0.307 e. The van der Waals surface area contributed by atoms with Crippen LogP contribution >= 0.6 is 11.6 Å². The number of aryl methyl sites for hydroxylation is 1. The zero-order chi connectivity index (χ0) is 13.1. The molecule has 0 unspecified atom stereocenters. The van der Waals surface area contributed by atoms with E-state index in [9.17, 15) is 4.79 Å². The molecule has 2 aromatic rings. The Balaban J connectivity index is 2.38. The summed E-state index contributed by atoms with van der Waals surface area (Å²) in [4.78, 5) is 15.4. The van der Waals surface area contributed by atoms with Gasteiger partial charge in [0.25, 0.3) is 5.56 Å². The normalized spacial score (nSPS) is 10.1. The van der Waals surface area contributed by atoms with Crippen molar-refractivity contribution < 1.29 is 0 Å². The number of hydrogen-bond donors (Lipinski definition) is 0. The van der Waals surface area contributed by atoms with Gasteiger partial charge in [-0.1, -0.05) is 17.7 Å². The molecule has 4 nitrogen and oxygen atoms in total. The van der Waals surface area contributed by atoms with Crippen LogP contribution in [0.25, 0.3) is 0 Å². The Morgan fingerprint density at radius 1 is 1.50 bits per heavy atom. The average molecular weight is 260 g/mol. The Bertz CT molecular complexity index is 685. The van der Waals surface area contributed by atoms with Crippen LogP contribution in [0.15, 0.2) is 35.4 Å². The maximum atomic E-state index is 11.7. The van der Waals surface area contributed by atoms with Crippen LogP contribution in [0.4, 0.5) is 0 Å². The van der Waals surface area contributed by atoms with Crippen LogP contribution in [0, 0.1) is 18.3 Å². The summed E-state index contributed by atoms with van der Waals surface area (Å²) < 4.78 is 1.49. The second-order valence-corrected chi connectivity index (χ2v) is 4.26. The third-order valence-electron chi connectivity index (χ3n) is 2.68. The van der Waals surface area contributed by atoms with E-state index >= 15 is 0 Å². The maximum Gasteiger partial charge on any atom is 0.288 e. The summed E-state index contributed by atoms with van der Waals surface area (Å²) in [5, 5.41) is 8.75. The Hall–Kier alpha value is -2.12. The number of hydrogen-bond acceptors (Lipinski definition) is 3. The first-order valence-electron chi connectivity index (χ1n) is 5.32. The minimum absolute atomic E-state index is 0.0381. The summed E-state index contributed by atoms with van der Waals surface area (Å²) in [7, 11) is 0. The number of aromatic nitrogens is 2. The molecular formula is C13H10ClN3O. The fraction of sp³-hybridized carbons (Fsp3) is 0.154. The van der Waals surface area contributed by atoms with Gasteiger partial charge in [0.1, 0.15) is 0 Å². The fourth-order valence-corrected chi connectivity index (χ4v) is 1.84. The average Bonchev–Trinajstić information content (AvgIpc) is 2.37. The quantitative estimate of drug-likeness (QED) is 0.830. The lowest BCUT2D eigenvalue weighted by molar-refractivity contribution is 0.744. The molecule has 0 aliphatic heterocycles. The highest BCUT2D eigenvalue weighted by Gasteiger charge is 2.05. The van der Waals surface area contributed by atoms with Crippen LogP contribution in [0.3, 0.4) is 0 Å². The van der Waals surface area contributed by atoms with Crippen molar-refractivity contribution in [2.75, 3.05) is 0 Å². The van der Waals surface area contributed by atoms with Gasteiger partial charge in [0, 0.05) is 12.4 Å². The van der Waals surface area contributed by atoms with Crippen LogP contribution < -0.4 is 5.56 Å². The van der Waals surface area contributed by atoms with Gasteiger partial charge >= 0.3 is 0 Å². The molecule has 0 radical (unpaired) electrons. The first-order chi connectivity index (χ1) is 8.61. The number of nitrogens with zero attached hydrogens (tertiary/aromatic N) is 3. The van der Waals surface area contributed by atoms with E-state index in [1.165, 1.54) is 10.8 Å². The fourth-order valence-electron chi connectivity index (χ4n) is 1.67. The molecule has 0 atom stereocenters. The molecule has 0 aliphatic carbocycles. The van der Waals surface area contributed by atoms with E-state index in [1.807, 2.05) is 13.0 Å². The lowest BCUT2D eigenvalue weighted by Crippen LogP contribution is -2.21. The van der Waals surface area contributed by atoms with Gasteiger partial charge < -0.3 is 4.57 Å². The molecule has 5 heteroatoms. The van der Waals surface area contributed by atoms with Crippen molar-refractivity contribution in [3.8, 4) is 6.07 Å². The topological polar surface area (TPSA) is 58.7 Å². The van der Waals surface area contributed by atoms with Gasteiger partial charge in [-0.15, -0.1) is 0 Å². The van der Waals surface area contributed by atoms with Crippen LogP contribution in [0.2, 0.25) is 5.15 Å². The summed E-state index contributed by atoms with van der Waals surface area (Å²) in [5.74, 6) is 0. The second-order valence-electron chi connectivity index (χ2n) is 3.90. The number of rotatable bonds is 2. The molecule has 0 fully saturated rings. The number of halogens is 1. The Morgan fingerprint density at radius 3 is 2.94 bits per heavy atom. The van der Waals surface area contributed by atoms with E-state index < -0.39 is 0 Å². The highest BCUT2D eigenvalue weighted by molar-refractivity contribution is 6.29. The van der Waals surface area contributed by atoms with Crippen molar-refractivity contribution in [1.82, 2.24) is 9.55 Å². The molecule has 0 bridgehead atoms. The summed E-state index contributed by atoms with van der Waals surface area (Å²) in [6.07, 6.45) is 3.08. The number of benzene rings is 1. The molecule has 1 aromatic carbocycles. The number of nitriles is 1. The SMILES string of the molecule is Cc1cc(C#N)ccc1Cn1ccnc(Cl)c1=O. The third kappa shape index (κ3) is 2.41. The van der Waals surface area contributed by atoms with Gasteiger partial charge in [-0.2, -0.15) is 5.26 Å². The molecule has 1 heterocycles. The van der Waals surface area contributed by atoms with E-state index in [-0.39, 0.29) is 10.7 Å². The van der Waals surface area contributed by atoms with Gasteiger partial charge in [-0.25, -0.2) is 4.98 Å². The Kier molecular flexibility index (Phi) is 3.45. The molecule has 2 rings (SSSR count). The predicted octanol–water partition coefficient (Wildman–Crippen LogP) is 2.13. The van der Waals surface area contributed by atoms with Gasteiger partial charge in [0.2, 0.25) is 0 Å². The first kappa shape index (κ1) is 12.3. The molecule has 90 valence electrons. The molecule has 0 spiro atoms. The van der Waals surface area contributed by atoms with Gasteiger partial charge in [-0.3, -0.25) is 4.79 Å². The molecule has 0 amide bonds. The standard InChI is InChI=1S/C13H10ClN3O/c1-9-6-10(7-15)2-3-11(9)8-17-5-4-16-12(14)13(17)18/h2-6H,8H2,1H3. The van der Waals surface area contributed by atoms with E-state index in [4.69, 9.17) is 16.9 Å². The van der Waals surface area contributed by atoms with Crippen LogP contribution in [0.5, 0.6) is 0 Å². The first-order valence-corrected chi connectivity index (χ1v) is 5.70. The zero-order valence-corrected chi connectivity index (χ0v) is 10.5. The highest BCUT2D eigenvalue weighted by atomic mass is 35.5. The highest BCUT2D eigenvalue weighted by Crippen LogP contribution is 2.11. The van der Waals surface area contributed by atoms with Crippen molar-refractivity contribution in [2.45, 2.75) is 13.5 Å². The van der Waals surface area contributed by atoms with Gasteiger partial charge in [0.15, 0.2) is 5.15 Å². The van der Waals surface area contributed by atoms with Crippen molar-refractivity contribution in [3.63, 3.8) is 0 Å². The van der Waals surface area contributed by atoms with Gasteiger partial charge in [-0.05, 0) is 30.2 Å². The monoisotopic (exact) mass is 259 g/mol. The predicted molar refractivity (Wildman–Crippen MR) is 68.5 cm³/mol. The summed E-state index contributed by atoms with van der Waals surface area (Å²) in [6, 6.07) is 7.45. The lowest BCUT2D eigenvalue weighted by Gasteiger charge is -2.08. The molecule has 18 heavy (non-hydrogen) atoms. The third-order valence-corrected chi connectivity index (χ3v) is 2.94. The minimum atomic E-state index is -0.317. The summed E-state index contributed by atoms with van der Waals surface area (Å²) in [6.45, 7) is 2.32. The Labute approximate surface area is 109 Å². The molecule has 0 aliphatic rings. The molecule has 0 saturated carbocycles. The second kappa shape index (κ2) is 5.03. The van der Waals surface area contributed by atoms with Crippen molar-refractivity contribution in [1.29, 1.82) is 5.26 Å². The molecular weight excluding hydrogens is 250 g/mol. The van der Waals surface area contributed by atoms with E-state index in [0.29, 0.717) is 12.1 Å². The lowest BCUT2D eigenvalue weighted by atomic mass is 10.1. The smallest absolute Gasteiger partial charge is 0.288 e. The summed E-state index contributed by atoms with van der Waals surface area (Å²) >= 11 is 5.68. The van der Waals surface area contributed by atoms with E-state index in [2.05, 4.69) is 11.1 Å². The molecule has 0 saturated heterocycles. The van der Waals surface area contributed by atoms with Crippen molar-refractivity contribution in [2.24, 2.45) is 0 Å². The van der Waals surface area contributed by atoms with Crippen molar-refractivity contribution in [3.05, 3.63) is 62.8 Å². The molecule has 0 N–H and O–H groups in total. The van der Waals surface area contributed by atoms with Gasteiger partial charge in [0.05, 0.1) is 18.2 Å².